The Morgan fingerprint density at radius 3 is 2.22 bits per heavy atom. The summed E-state index contributed by atoms with van der Waals surface area (Å²) in [5.74, 6) is 1.51. The van der Waals surface area contributed by atoms with Crippen LogP contribution in [0, 0.1) is 0 Å². The lowest BCUT2D eigenvalue weighted by molar-refractivity contribution is 0.411. The van der Waals surface area contributed by atoms with Crippen LogP contribution in [-0.4, -0.2) is 11.1 Å². The smallest absolute Gasteiger partial charge is 0.133 e. The average Bonchev–Trinajstić information content (AvgIpc) is 3.89. The molecule has 11 rings (SSSR count). The Morgan fingerprint density at radius 1 is 0.608 bits per heavy atom. The minimum absolute atomic E-state index is 0.102. The molecule has 8 aromatic rings. The molecule has 0 amide bonds. The highest BCUT2D eigenvalue weighted by atomic mass is 32.2. The van der Waals surface area contributed by atoms with Crippen molar-refractivity contribution in [2.45, 2.75) is 41.2 Å². The normalized spacial score (nSPS) is 21.4. The van der Waals surface area contributed by atoms with Gasteiger partial charge < -0.3 is 5.32 Å². The summed E-state index contributed by atoms with van der Waals surface area (Å²) >= 11 is 5.85. The van der Waals surface area contributed by atoms with Crippen LogP contribution in [0.15, 0.2) is 149 Å². The van der Waals surface area contributed by atoms with E-state index in [4.69, 9.17) is 4.99 Å². The number of hydrogen-bond donors (Lipinski definition) is 2. The van der Waals surface area contributed by atoms with Gasteiger partial charge in [-0.2, -0.15) is 0 Å². The Labute approximate surface area is 308 Å². The third kappa shape index (κ3) is 4.77. The fraction of sp³-hybridized carbons (Fsp3) is 0.133. The van der Waals surface area contributed by atoms with E-state index in [1.165, 1.54) is 79.5 Å². The molecule has 4 heterocycles. The van der Waals surface area contributed by atoms with Gasteiger partial charge in [-0.1, -0.05) is 115 Å². The maximum absolute atomic E-state index is 5.52. The number of rotatable bonds is 4. The van der Waals surface area contributed by atoms with Gasteiger partial charge in [0.25, 0.3) is 0 Å². The van der Waals surface area contributed by atoms with Crippen LogP contribution >= 0.6 is 34.4 Å². The summed E-state index contributed by atoms with van der Waals surface area (Å²) in [4.78, 5) is 6.98. The summed E-state index contributed by atoms with van der Waals surface area (Å²) in [6, 6.07) is 48.9. The number of nitrogens with one attached hydrogen (secondary N) is 2. The molecule has 6 aromatic carbocycles. The molecule has 0 saturated carbocycles. The predicted octanol–water partition coefficient (Wildman–Crippen LogP) is 12.2. The van der Waals surface area contributed by atoms with Crippen molar-refractivity contribution in [3.63, 3.8) is 0 Å². The summed E-state index contributed by atoms with van der Waals surface area (Å²) in [5.41, 5.74) is 8.00. The Kier molecular flexibility index (Phi) is 7.01. The van der Waals surface area contributed by atoms with Gasteiger partial charge in [0.2, 0.25) is 0 Å². The zero-order valence-electron chi connectivity index (χ0n) is 27.7. The van der Waals surface area contributed by atoms with Gasteiger partial charge in [0.15, 0.2) is 0 Å². The minimum atomic E-state index is -0.223. The molecule has 0 fully saturated rings. The molecule has 3 nitrogen and oxygen atoms in total. The standard InChI is InChI=1S/C45H33N3S3/c1-2-12-26(13-3-1)43-46-44(34-21-11-25-38-39(34)33-15-5-7-24-37(33)49-38)48-45(47-43)35-22-10-20-32-31-19-9-18-30(41(31)51-42(32)35)29-17-8-16-28-27-14-4-6-23-36(27)50-40(28)29/h1-7,9-15,17-25,28,40,43-44,46H,8,16H2,(H,47,48). The zero-order valence-corrected chi connectivity index (χ0v) is 30.1. The number of nitrogens with zero attached hydrogens (tertiary/aromatic N) is 1. The molecular weight excluding hydrogens is 679 g/mol. The summed E-state index contributed by atoms with van der Waals surface area (Å²) in [6.07, 6.45) is 4.55. The lowest BCUT2D eigenvalue weighted by Crippen LogP contribution is -2.45. The fourth-order valence-electron chi connectivity index (χ4n) is 8.60. The van der Waals surface area contributed by atoms with Crippen molar-refractivity contribution in [1.82, 2.24) is 10.6 Å². The number of thiophene rings is 2. The Hall–Kier alpha value is -4.72. The lowest BCUT2D eigenvalue weighted by Gasteiger charge is -2.32. The molecule has 2 N–H and O–H groups in total. The third-order valence-corrected chi connectivity index (χ3v) is 14.8. The first kappa shape index (κ1) is 30.0. The molecule has 3 aliphatic rings. The van der Waals surface area contributed by atoms with Gasteiger partial charge >= 0.3 is 0 Å². The first-order valence-corrected chi connectivity index (χ1v) is 20.3. The van der Waals surface area contributed by atoms with Crippen LogP contribution in [0.2, 0.25) is 0 Å². The van der Waals surface area contributed by atoms with Crippen molar-refractivity contribution in [1.29, 1.82) is 0 Å². The van der Waals surface area contributed by atoms with Crippen molar-refractivity contribution in [2.75, 3.05) is 0 Å². The van der Waals surface area contributed by atoms with Gasteiger partial charge in [-0.25, -0.2) is 4.99 Å². The van der Waals surface area contributed by atoms with Gasteiger partial charge in [-0.15, -0.1) is 34.4 Å². The molecule has 0 bridgehead atoms. The van der Waals surface area contributed by atoms with E-state index < -0.39 is 0 Å². The molecule has 0 saturated heterocycles. The topological polar surface area (TPSA) is 36.4 Å². The van der Waals surface area contributed by atoms with Crippen molar-refractivity contribution >= 4 is 86.2 Å². The molecule has 2 aliphatic heterocycles. The predicted molar refractivity (Wildman–Crippen MR) is 219 cm³/mol. The van der Waals surface area contributed by atoms with Crippen LogP contribution in [0.1, 0.15) is 58.9 Å². The van der Waals surface area contributed by atoms with E-state index >= 15 is 0 Å². The van der Waals surface area contributed by atoms with Crippen LogP contribution in [-0.2, 0) is 0 Å². The first-order valence-electron chi connectivity index (χ1n) is 17.7. The average molecular weight is 712 g/mol. The van der Waals surface area contributed by atoms with E-state index in [1.54, 1.807) is 0 Å². The number of thioether (sulfide) groups is 1. The van der Waals surface area contributed by atoms with Crippen molar-refractivity contribution < 1.29 is 0 Å². The van der Waals surface area contributed by atoms with E-state index in [9.17, 15) is 0 Å². The molecule has 4 unspecified atom stereocenters. The molecule has 0 spiro atoms. The first-order chi connectivity index (χ1) is 25.3. The van der Waals surface area contributed by atoms with Crippen molar-refractivity contribution in [3.8, 4) is 0 Å². The Morgan fingerprint density at radius 2 is 1.31 bits per heavy atom. The highest BCUT2D eigenvalue weighted by molar-refractivity contribution is 8.00. The van der Waals surface area contributed by atoms with E-state index in [1.807, 2.05) is 22.7 Å². The summed E-state index contributed by atoms with van der Waals surface area (Å²) in [7, 11) is 0. The Bertz CT molecular complexity index is 2720. The molecule has 0 radical (unpaired) electrons. The van der Waals surface area contributed by atoms with Crippen molar-refractivity contribution in [3.05, 3.63) is 167 Å². The molecule has 51 heavy (non-hydrogen) atoms. The lowest BCUT2D eigenvalue weighted by atomic mass is 9.81. The summed E-state index contributed by atoms with van der Waals surface area (Å²) in [6.45, 7) is 0. The third-order valence-electron chi connectivity index (χ3n) is 10.9. The largest absolute Gasteiger partial charge is 0.350 e. The number of hydrogen-bond acceptors (Lipinski definition) is 6. The second kappa shape index (κ2) is 11.9. The van der Waals surface area contributed by atoms with Crippen molar-refractivity contribution in [2.24, 2.45) is 4.99 Å². The molecule has 4 atom stereocenters. The second-order valence-electron chi connectivity index (χ2n) is 13.7. The number of fused-ring (bicyclic) bond motifs is 9. The number of benzene rings is 6. The second-order valence-corrected chi connectivity index (χ2v) is 17.0. The number of amidine groups is 1. The highest BCUT2D eigenvalue weighted by Crippen LogP contribution is 2.55. The maximum Gasteiger partial charge on any atom is 0.133 e. The molecular formula is C45H33N3S3. The van der Waals surface area contributed by atoms with Crippen LogP contribution in [0.3, 0.4) is 0 Å². The quantitative estimate of drug-likeness (QED) is 0.191. The van der Waals surface area contributed by atoms with E-state index in [0.717, 1.165) is 17.8 Å². The minimum Gasteiger partial charge on any atom is -0.350 e. The molecule has 6 heteroatoms. The molecule has 1 aliphatic carbocycles. The van der Waals surface area contributed by atoms with Crippen LogP contribution in [0.5, 0.6) is 0 Å². The monoisotopic (exact) mass is 711 g/mol. The van der Waals surface area contributed by atoms with Crippen LogP contribution < -0.4 is 10.6 Å². The molecule has 2 aromatic heterocycles. The maximum atomic E-state index is 5.52. The van der Waals surface area contributed by atoms with Gasteiger partial charge in [0.05, 0.1) is 0 Å². The fourth-order valence-corrected chi connectivity index (χ4v) is 12.7. The Balaban J connectivity index is 1.07. The van der Waals surface area contributed by atoms with Gasteiger partial charge in [-0.05, 0) is 59.4 Å². The van der Waals surface area contributed by atoms with Gasteiger partial charge in [0, 0.05) is 67.5 Å². The van der Waals surface area contributed by atoms with Gasteiger partial charge in [-0.3, -0.25) is 5.32 Å². The van der Waals surface area contributed by atoms with Crippen LogP contribution in [0.25, 0.3) is 45.9 Å². The summed E-state index contributed by atoms with van der Waals surface area (Å²) in [5, 5.41) is 13.4. The highest BCUT2D eigenvalue weighted by Gasteiger charge is 2.38. The van der Waals surface area contributed by atoms with Crippen LogP contribution in [0.4, 0.5) is 0 Å². The number of allylic oxidation sites excluding steroid dienone is 1. The number of aliphatic imine (C=N–C) groups is 1. The SMILES string of the molecule is C1=C(c2cccc3c2sc2c(C4=NC(c5cccc6sc7ccccc7c56)NC(c5ccccc5)N4)cccc23)C2Sc3ccccc3C2CC1. The van der Waals surface area contributed by atoms with E-state index in [-0.39, 0.29) is 12.3 Å². The van der Waals surface area contributed by atoms with Gasteiger partial charge in [0.1, 0.15) is 18.2 Å². The summed E-state index contributed by atoms with van der Waals surface area (Å²) < 4.78 is 5.27. The zero-order chi connectivity index (χ0) is 33.5. The molecule has 246 valence electrons. The van der Waals surface area contributed by atoms with E-state index in [2.05, 4.69) is 162 Å². The van der Waals surface area contributed by atoms with E-state index in [0.29, 0.717) is 11.2 Å².